The molecule has 2 aromatic heterocycles. The molecule has 0 saturated carbocycles. The van der Waals surface area contributed by atoms with Crippen LogP contribution in [0.1, 0.15) is 5.82 Å². The summed E-state index contributed by atoms with van der Waals surface area (Å²) in [5.74, 6) is 2.27. The molecule has 96 valence electrons. The van der Waals surface area contributed by atoms with E-state index >= 15 is 0 Å². The number of thioether (sulfide) groups is 1. The van der Waals surface area contributed by atoms with Gasteiger partial charge in [0.25, 0.3) is 0 Å². The van der Waals surface area contributed by atoms with Crippen LogP contribution in [0.3, 0.4) is 0 Å². The van der Waals surface area contributed by atoms with Crippen molar-refractivity contribution in [2.75, 3.05) is 23.9 Å². The van der Waals surface area contributed by atoms with Gasteiger partial charge in [0.05, 0.1) is 0 Å². The highest BCUT2D eigenvalue weighted by Gasteiger charge is 2.02. The summed E-state index contributed by atoms with van der Waals surface area (Å²) in [7, 11) is 1.98. The molecular formula is C11H16N6S. The second-order valence-electron chi connectivity index (χ2n) is 3.80. The van der Waals surface area contributed by atoms with Crippen molar-refractivity contribution in [3.8, 4) is 0 Å². The lowest BCUT2D eigenvalue weighted by Crippen LogP contribution is -2.10. The Hall–Kier alpha value is -1.76. The van der Waals surface area contributed by atoms with Crippen LogP contribution in [0.4, 0.5) is 11.6 Å². The van der Waals surface area contributed by atoms with Gasteiger partial charge in [-0.2, -0.15) is 0 Å². The first-order chi connectivity index (χ1) is 8.69. The van der Waals surface area contributed by atoms with Gasteiger partial charge in [-0.3, -0.25) is 0 Å². The van der Waals surface area contributed by atoms with Crippen LogP contribution in [0.15, 0.2) is 23.6 Å². The first-order valence-electron chi connectivity index (χ1n) is 5.57. The van der Waals surface area contributed by atoms with Crippen molar-refractivity contribution in [3.63, 3.8) is 0 Å². The molecule has 0 aliphatic heterocycles. The molecule has 2 aromatic rings. The van der Waals surface area contributed by atoms with Gasteiger partial charge in [-0.25, -0.2) is 15.0 Å². The van der Waals surface area contributed by atoms with Gasteiger partial charge in [0.1, 0.15) is 17.5 Å². The number of hydrogen-bond acceptors (Lipinski definition) is 6. The molecule has 3 N–H and O–H groups in total. The number of hydrogen-bond donors (Lipinski definition) is 2. The van der Waals surface area contributed by atoms with Gasteiger partial charge in [0, 0.05) is 38.5 Å². The predicted molar refractivity (Wildman–Crippen MR) is 73.6 cm³/mol. The Morgan fingerprint density at radius 1 is 1.44 bits per heavy atom. The molecule has 0 amide bonds. The van der Waals surface area contributed by atoms with Crippen molar-refractivity contribution in [3.05, 3.63) is 24.3 Å². The average Bonchev–Trinajstić information content (AvgIpc) is 2.74. The van der Waals surface area contributed by atoms with Crippen molar-refractivity contribution in [2.45, 2.75) is 11.6 Å². The lowest BCUT2D eigenvalue weighted by Gasteiger charge is -2.07. The van der Waals surface area contributed by atoms with E-state index in [4.69, 9.17) is 5.73 Å². The van der Waals surface area contributed by atoms with Gasteiger partial charge in [0.15, 0.2) is 5.16 Å². The van der Waals surface area contributed by atoms with E-state index in [1.165, 1.54) is 11.8 Å². The SMILES string of the molecule is CSc1nc(N)cc(NCCc2nccn2C)n1. The summed E-state index contributed by atoms with van der Waals surface area (Å²) < 4.78 is 2.00. The molecule has 0 aliphatic carbocycles. The fraction of sp³-hybridized carbons (Fsp3) is 0.364. The maximum atomic E-state index is 5.70. The smallest absolute Gasteiger partial charge is 0.191 e. The molecule has 7 heteroatoms. The molecule has 0 saturated heterocycles. The third-order valence-electron chi connectivity index (χ3n) is 2.48. The Morgan fingerprint density at radius 3 is 2.94 bits per heavy atom. The van der Waals surface area contributed by atoms with E-state index in [9.17, 15) is 0 Å². The third-order valence-corrected chi connectivity index (χ3v) is 3.03. The first kappa shape index (κ1) is 12.7. The lowest BCUT2D eigenvalue weighted by atomic mass is 10.4. The first-order valence-corrected chi connectivity index (χ1v) is 6.80. The number of nitrogens with zero attached hydrogens (tertiary/aromatic N) is 4. The molecule has 0 spiro atoms. The number of nitrogens with two attached hydrogens (primary N) is 1. The monoisotopic (exact) mass is 264 g/mol. The number of aryl methyl sites for hydroxylation is 1. The summed E-state index contributed by atoms with van der Waals surface area (Å²) in [5, 5.41) is 3.90. The van der Waals surface area contributed by atoms with Crippen LogP contribution in [0.2, 0.25) is 0 Å². The van der Waals surface area contributed by atoms with Gasteiger partial charge in [-0.15, -0.1) is 0 Å². The minimum atomic E-state index is 0.480. The molecular weight excluding hydrogens is 248 g/mol. The molecule has 0 aliphatic rings. The normalized spacial score (nSPS) is 10.6. The van der Waals surface area contributed by atoms with Crippen LogP contribution in [-0.2, 0) is 13.5 Å². The number of nitrogen functional groups attached to an aromatic ring is 1. The predicted octanol–water partition coefficient (Wildman–Crippen LogP) is 1.17. The minimum absolute atomic E-state index is 0.480. The largest absolute Gasteiger partial charge is 0.383 e. The molecule has 0 atom stereocenters. The van der Waals surface area contributed by atoms with Gasteiger partial charge in [0.2, 0.25) is 0 Å². The van der Waals surface area contributed by atoms with Crippen molar-refractivity contribution >= 4 is 23.4 Å². The van der Waals surface area contributed by atoms with Crippen LogP contribution >= 0.6 is 11.8 Å². The molecule has 6 nitrogen and oxygen atoms in total. The van der Waals surface area contributed by atoms with E-state index in [2.05, 4.69) is 20.3 Å². The van der Waals surface area contributed by atoms with Gasteiger partial charge < -0.3 is 15.6 Å². The second kappa shape index (κ2) is 5.72. The lowest BCUT2D eigenvalue weighted by molar-refractivity contribution is 0.787. The summed E-state index contributed by atoms with van der Waals surface area (Å²) in [6.07, 6.45) is 6.49. The summed E-state index contributed by atoms with van der Waals surface area (Å²) in [4.78, 5) is 12.7. The van der Waals surface area contributed by atoms with Crippen LogP contribution < -0.4 is 11.1 Å². The Labute approximate surface area is 110 Å². The fourth-order valence-corrected chi connectivity index (χ4v) is 1.95. The van der Waals surface area contributed by atoms with E-state index in [-0.39, 0.29) is 0 Å². The zero-order chi connectivity index (χ0) is 13.0. The third kappa shape index (κ3) is 3.13. The quantitative estimate of drug-likeness (QED) is 0.623. The molecule has 0 fully saturated rings. The number of imidazole rings is 1. The zero-order valence-electron chi connectivity index (χ0n) is 10.4. The van der Waals surface area contributed by atoms with Crippen molar-refractivity contribution in [1.29, 1.82) is 0 Å². The molecule has 2 heterocycles. The van der Waals surface area contributed by atoms with Gasteiger partial charge in [-0.05, 0) is 6.26 Å². The van der Waals surface area contributed by atoms with Crippen molar-refractivity contribution < 1.29 is 0 Å². The van der Waals surface area contributed by atoms with Gasteiger partial charge >= 0.3 is 0 Å². The molecule has 18 heavy (non-hydrogen) atoms. The molecule has 2 rings (SSSR count). The maximum absolute atomic E-state index is 5.70. The Morgan fingerprint density at radius 2 is 2.28 bits per heavy atom. The van der Waals surface area contributed by atoms with Crippen LogP contribution in [0.25, 0.3) is 0 Å². The van der Waals surface area contributed by atoms with E-state index in [0.29, 0.717) is 11.0 Å². The molecule has 0 unspecified atom stereocenters. The van der Waals surface area contributed by atoms with Crippen molar-refractivity contribution in [1.82, 2.24) is 19.5 Å². The minimum Gasteiger partial charge on any atom is -0.383 e. The van der Waals surface area contributed by atoms with Crippen LogP contribution in [-0.4, -0.2) is 32.3 Å². The summed E-state index contributed by atoms with van der Waals surface area (Å²) in [6.45, 7) is 0.759. The maximum Gasteiger partial charge on any atom is 0.191 e. The summed E-state index contributed by atoms with van der Waals surface area (Å²) >= 11 is 1.47. The highest BCUT2D eigenvalue weighted by atomic mass is 32.2. The average molecular weight is 264 g/mol. The van der Waals surface area contributed by atoms with E-state index in [0.717, 1.165) is 24.6 Å². The molecule has 0 bridgehead atoms. The Bertz CT molecular complexity index is 524. The second-order valence-corrected chi connectivity index (χ2v) is 4.57. The highest BCUT2D eigenvalue weighted by Crippen LogP contribution is 2.14. The van der Waals surface area contributed by atoms with Crippen LogP contribution in [0.5, 0.6) is 0 Å². The van der Waals surface area contributed by atoms with Gasteiger partial charge in [-0.1, -0.05) is 11.8 Å². The molecule has 0 aromatic carbocycles. The van der Waals surface area contributed by atoms with E-state index in [1.807, 2.05) is 24.1 Å². The fourth-order valence-electron chi connectivity index (χ4n) is 1.56. The number of aromatic nitrogens is 4. The van der Waals surface area contributed by atoms with Crippen LogP contribution in [0, 0.1) is 0 Å². The summed E-state index contributed by atoms with van der Waals surface area (Å²) in [6, 6.07) is 1.73. The standard InChI is InChI=1S/C11H16N6S/c1-17-6-5-14-10(17)3-4-13-9-7-8(12)15-11(16-9)18-2/h5-7H,3-4H2,1-2H3,(H3,12,13,15,16). The van der Waals surface area contributed by atoms with Crippen molar-refractivity contribution in [2.24, 2.45) is 7.05 Å². The topological polar surface area (TPSA) is 81.6 Å². The zero-order valence-corrected chi connectivity index (χ0v) is 11.2. The summed E-state index contributed by atoms with van der Waals surface area (Å²) in [5.41, 5.74) is 5.70. The number of anilines is 2. The Kier molecular flexibility index (Phi) is 4.03. The Balaban J connectivity index is 1.94. The highest BCUT2D eigenvalue weighted by molar-refractivity contribution is 7.98. The molecule has 0 radical (unpaired) electrons. The number of nitrogens with one attached hydrogen (secondary N) is 1. The number of rotatable bonds is 5. The van der Waals surface area contributed by atoms with E-state index in [1.54, 1.807) is 12.3 Å². The van der Waals surface area contributed by atoms with E-state index < -0.39 is 0 Å².